The average Bonchev–Trinajstić information content (AvgIpc) is 2.08. The Balaban J connectivity index is 3.56. The second kappa shape index (κ2) is 6.62. The van der Waals surface area contributed by atoms with Gasteiger partial charge in [-0.1, -0.05) is 0 Å². The average molecular weight is 238 g/mol. The van der Waals surface area contributed by atoms with Crippen LogP contribution in [0.5, 0.6) is 0 Å². The number of alkyl halides is 2. The number of hydrogen-bond donors (Lipinski definition) is 2. The monoisotopic (exact) mass is 238 g/mol. The summed E-state index contributed by atoms with van der Waals surface area (Å²) in [6, 6.07) is -0.875. The van der Waals surface area contributed by atoms with E-state index in [4.69, 9.17) is 4.74 Å². The van der Waals surface area contributed by atoms with Crippen molar-refractivity contribution in [2.24, 2.45) is 0 Å². The highest BCUT2D eigenvalue weighted by Crippen LogP contribution is 2.06. The lowest BCUT2D eigenvalue weighted by Crippen LogP contribution is -2.40. The molecule has 1 unspecified atom stereocenters. The number of carbonyl (C=O) groups excluding carboxylic acids is 1. The summed E-state index contributed by atoms with van der Waals surface area (Å²) in [5, 5.41) is 5.04. The Hall–Kier alpha value is -0.910. The number of nitrogens with one attached hydrogen (secondary N) is 2. The predicted molar refractivity (Wildman–Crippen MR) is 57.7 cm³/mol. The molecule has 0 aliphatic heterocycles. The van der Waals surface area contributed by atoms with Gasteiger partial charge in [0, 0.05) is 13.1 Å². The summed E-state index contributed by atoms with van der Waals surface area (Å²) >= 11 is 0. The van der Waals surface area contributed by atoms with E-state index in [1.807, 2.05) is 0 Å². The number of carbonyl (C=O) groups is 1. The zero-order valence-electron chi connectivity index (χ0n) is 10.1. The van der Waals surface area contributed by atoms with Crippen LogP contribution < -0.4 is 10.6 Å². The van der Waals surface area contributed by atoms with Gasteiger partial charge in [0.25, 0.3) is 6.43 Å². The molecule has 2 N–H and O–H groups in total. The number of rotatable bonds is 5. The fraction of sp³-hybridized carbons (Fsp3) is 0.900. The summed E-state index contributed by atoms with van der Waals surface area (Å²) in [6.45, 7) is 7.19. The van der Waals surface area contributed by atoms with Crippen LogP contribution in [0.3, 0.4) is 0 Å². The fourth-order valence-corrected chi connectivity index (χ4v) is 0.868. The van der Waals surface area contributed by atoms with Crippen LogP contribution in [-0.4, -0.2) is 37.3 Å². The molecular weight excluding hydrogens is 218 g/mol. The molecule has 0 spiro atoms. The van der Waals surface area contributed by atoms with Gasteiger partial charge in [-0.3, -0.25) is 0 Å². The van der Waals surface area contributed by atoms with Gasteiger partial charge >= 0.3 is 6.09 Å². The molecule has 0 heterocycles. The summed E-state index contributed by atoms with van der Waals surface area (Å²) < 4.78 is 29.1. The second-order valence-electron chi connectivity index (χ2n) is 4.51. The van der Waals surface area contributed by atoms with E-state index in [0.717, 1.165) is 0 Å². The molecule has 0 radical (unpaired) electrons. The van der Waals surface area contributed by atoms with E-state index in [9.17, 15) is 13.6 Å². The number of hydrogen-bond acceptors (Lipinski definition) is 3. The van der Waals surface area contributed by atoms with Crippen molar-refractivity contribution in [3.8, 4) is 0 Å². The minimum absolute atomic E-state index is 0.256. The highest BCUT2D eigenvalue weighted by Gasteiger charge is 2.16. The molecule has 16 heavy (non-hydrogen) atoms. The molecule has 0 aliphatic carbocycles. The summed E-state index contributed by atoms with van der Waals surface area (Å²) in [7, 11) is 0. The first kappa shape index (κ1) is 15.1. The van der Waals surface area contributed by atoms with Crippen molar-refractivity contribution in [1.29, 1.82) is 0 Å². The van der Waals surface area contributed by atoms with E-state index in [1.165, 1.54) is 6.92 Å². The first-order chi connectivity index (χ1) is 7.22. The minimum atomic E-state index is -2.40. The van der Waals surface area contributed by atoms with Gasteiger partial charge < -0.3 is 15.4 Å². The van der Waals surface area contributed by atoms with Gasteiger partial charge in [-0.2, -0.15) is 0 Å². The van der Waals surface area contributed by atoms with Crippen molar-refractivity contribution < 1.29 is 18.3 Å². The van der Waals surface area contributed by atoms with Crippen molar-refractivity contribution in [1.82, 2.24) is 10.6 Å². The molecule has 1 atom stereocenters. The molecule has 1 amide bonds. The zero-order valence-corrected chi connectivity index (χ0v) is 10.1. The van der Waals surface area contributed by atoms with Gasteiger partial charge in [0.15, 0.2) is 0 Å². The molecule has 0 aromatic heterocycles. The van der Waals surface area contributed by atoms with Crippen LogP contribution in [0.1, 0.15) is 27.7 Å². The van der Waals surface area contributed by atoms with Crippen LogP contribution in [0.25, 0.3) is 0 Å². The molecule has 0 rings (SSSR count). The molecule has 0 aliphatic rings. The number of ether oxygens (including phenoxy) is 1. The maximum Gasteiger partial charge on any atom is 0.407 e. The largest absolute Gasteiger partial charge is 0.444 e. The van der Waals surface area contributed by atoms with Gasteiger partial charge in [-0.05, 0) is 27.7 Å². The topological polar surface area (TPSA) is 50.4 Å². The van der Waals surface area contributed by atoms with Gasteiger partial charge in [-0.15, -0.1) is 0 Å². The third-order valence-corrected chi connectivity index (χ3v) is 1.64. The SMILES string of the molecule is CC(NCCNC(=O)OC(C)(C)C)C(F)F. The summed E-state index contributed by atoms with van der Waals surface area (Å²) in [5.41, 5.74) is -0.548. The highest BCUT2D eigenvalue weighted by atomic mass is 19.3. The predicted octanol–water partition coefficient (Wildman–Crippen LogP) is 1.75. The summed E-state index contributed by atoms with van der Waals surface area (Å²) in [4.78, 5) is 11.1. The Labute approximate surface area is 94.7 Å². The van der Waals surface area contributed by atoms with Crippen LogP contribution in [0.4, 0.5) is 13.6 Å². The molecule has 0 bridgehead atoms. The van der Waals surface area contributed by atoms with E-state index in [2.05, 4.69) is 10.6 Å². The minimum Gasteiger partial charge on any atom is -0.444 e. The maximum absolute atomic E-state index is 12.1. The van der Waals surface area contributed by atoms with Crippen molar-refractivity contribution >= 4 is 6.09 Å². The van der Waals surface area contributed by atoms with Crippen molar-refractivity contribution in [3.63, 3.8) is 0 Å². The van der Waals surface area contributed by atoms with Gasteiger partial charge in [-0.25, -0.2) is 13.6 Å². The maximum atomic E-state index is 12.1. The number of halogens is 2. The van der Waals surface area contributed by atoms with Crippen LogP contribution in [-0.2, 0) is 4.74 Å². The van der Waals surface area contributed by atoms with Crippen LogP contribution in [0, 0.1) is 0 Å². The third-order valence-electron chi connectivity index (χ3n) is 1.64. The smallest absolute Gasteiger partial charge is 0.407 e. The standard InChI is InChI=1S/C10H20F2N2O2/c1-7(8(11)12)13-5-6-14-9(15)16-10(2,3)4/h7-8,13H,5-6H2,1-4H3,(H,14,15). The third kappa shape index (κ3) is 8.40. The molecule has 4 nitrogen and oxygen atoms in total. The lowest BCUT2D eigenvalue weighted by atomic mass is 10.2. The Morgan fingerprint density at radius 3 is 2.31 bits per heavy atom. The summed E-state index contributed by atoms with van der Waals surface area (Å²) in [6.07, 6.45) is -2.94. The molecule has 0 aromatic carbocycles. The molecule has 96 valence electrons. The van der Waals surface area contributed by atoms with E-state index in [1.54, 1.807) is 20.8 Å². The van der Waals surface area contributed by atoms with Gasteiger partial charge in [0.05, 0.1) is 6.04 Å². The Bertz CT molecular complexity index is 217. The van der Waals surface area contributed by atoms with E-state index < -0.39 is 24.2 Å². The van der Waals surface area contributed by atoms with Crippen molar-refractivity contribution in [2.45, 2.75) is 45.8 Å². The number of amides is 1. The van der Waals surface area contributed by atoms with Crippen molar-refractivity contribution in [3.05, 3.63) is 0 Å². The Morgan fingerprint density at radius 2 is 1.88 bits per heavy atom. The number of alkyl carbamates (subject to hydrolysis) is 1. The molecule has 0 fully saturated rings. The summed E-state index contributed by atoms with van der Waals surface area (Å²) in [5.74, 6) is 0. The van der Waals surface area contributed by atoms with Crippen LogP contribution in [0.15, 0.2) is 0 Å². The second-order valence-corrected chi connectivity index (χ2v) is 4.51. The quantitative estimate of drug-likeness (QED) is 0.717. The van der Waals surface area contributed by atoms with Crippen LogP contribution in [0.2, 0.25) is 0 Å². The van der Waals surface area contributed by atoms with E-state index in [0.29, 0.717) is 0 Å². The molecule has 0 saturated heterocycles. The van der Waals surface area contributed by atoms with Gasteiger partial charge in [0.1, 0.15) is 5.60 Å². The normalized spacial score (nSPS) is 13.7. The lowest BCUT2D eigenvalue weighted by Gasteiger charge is -2.20. The fourth-order valence-electron chi connectivity index (χ4n) is 0.868. The van der Waals surface area contributed by atoms with Crippen molar-refractivity contribution in [2.75, 3.05) is 13.1 Å². The molecule has 6 heteroatoms. The van der Waals surface area contributed by atoms with Gasteiger partial charge in [0.2, 0.25) is 0 Å². The van der Waals surface area contributed by atoms with E-state index in [-0.39, 0.29) is 13.1 Å². The molecule has 0 saturated carbocycles. The Morgan fingerprint density at radius 1 is 1.31 bits per heavy atom. The molecule has 0 aromatic rings. The lowest BCUT2D eigenvalue weighted by molar-refractivity contribution is 0.0526. The first-order valence-electron chi connectivity index (χ1n) is 5.21. The zero-order chi connectivity index (χ0) is 12.8. The van der Waals surface area contributed by atoms with E-state index >= 15 is 0 Å². The highest BCUT2D eigenvalue weighted by molar-refractivity contribution is 5.67. The first-order valence-corrected chi connectivity index (χ1v) is 5.21. The Kier molecular flexibility index (Phi) is 6.25. The molecular formula is C10H20F2N2O2. The van der Waals surface area contributed by atoms with Crippen LogP contribution >= 0.6 is 0 Å².